The summed E-state index contributed by atoms with van der Waals surface area (Å²) in [6, 6.07) is 1.90. The third kappa shape index (κ3) is 2.72. The standard InChI is InChI=1S/C13H21N5/c1-17-4-6-18(7-5-17)13-9-11(14)15-12(16-13)8-10-2-3-10/h9-10H,2-8H2,1H3,(H2,14,15,16). The molecule has 0 spiro atoms. The maximum atomic E-state index is 5.90. The summed E-state index contributed by atoms with van der Waals surface area (Å²) in [5.41, 5.74) is 5.90. The maximum Gasteiger partial charge on any atom is 0.134 e. The number of anilines is 2. The summed E-state index contributed by atoms with van der Waals surface area (Å²) in [5.74, 6) is 3.33. The van der Waals surface area contributed by atoms with Crippen molar-refractivity contribution in [1.29, 1.82) is 0 Å². The molecule has 18 heavy (non-hydrogen) atoms. The lowest BCUT2D eigenvalue weighted by atomic mass is 10.2. The van der Waals surface area contributed by atoms with Gasteiger partial charge in [0.25, 0.3) is 0 Å². The number of rotatable bonds is 3. The first kappa shape index (κ1) is 11.7. The molecule has 0 aromatic carbocycles. The Balaban J connectivity index is 1.75. The topological polar surface area (TPSA) is 58.3 Å². The molecule has 1 aromatic rings. The van der Waals surface area contributed by atoms with Crippen LogP contribution in [0, 0.1) is 5.92 Å². The predicted molar refractivity (Wildman–Crippen MR) is 72.6 cm³/mol. The lowest BCUT2D eigenvalue weighted by Gasteiger charge is -2.33. The maximum absolute atomic E-state index is 5.90. The van der Waals surface area contributed by atoms with Gasteiger partial charge in [-0.3, -0.25) is 0 Å². The molecule has 0 unspecified atom stereocenters. The zero-order chi connectivity index (χ0) is 12.5. The van der Waals surface area contributed by atoms with Crippen molar-refractivity contribution < 1.29 is 0 Å². The fourth-order valence-electron chi connectivity index (χ4n) is 2.37. The van der Waals surface area contributed by atoms with Crippen molar-refractivity contribution in [3.8, 4) is 0 Å². The van der Waals surface area contributed by atoms with E-state index < -0.39 is 0 Å². The number of piperazine rings is 1. The molecule has 98 valence electrons. The van der Waals surface area contributed by atoms with E-state index in [1.54, 1.807) is 0 Å². The summed E-state index contributed by atoms with van der Waals surface area (Å²) in [7, 11) is 2.16. The van der Waals surface area contributed by atoms with Gasteiger partial charge in [0.1, 0.15) is 17.5 Å². The van der Waals surface area contributed by atoms with Crippen molar-refractivity contribution in [3.05, 3.63) is 11.9 Å². The number of aromatic nitrogens is 2. The molecule has 1 aromatic heterocycles. The second-order valence-corrected chi connectivity index (χ2v) is 5.51. The lowest BCUT2D eigenvalue weighted by molar-refractivity contribution is 0.312. The van der Waals surface area contributed by atoms with Crippen LogP contribution in [0.4, 0.5) is 11.6 Å². The van der Waals surface area contributed by atoms with E-state index in [1.807, 2.05) is 6.07 Å². The summed E-state index contributed by atoms with van der Waals surface area (Å²) in [6.07, 6.45) is 3.63. The Kier molecular flexibility index (Phi) is 3.07. The highest BCUT2D eigenvalue weighted by Gasteiger charge is 2.24. The van der Waals surface area contributed by atoms with Gasteiger partial charge >= 0.3 is 0 Å². The zero-order valence-electron chi connectivity index (χ0n) is 11.0. The van der Waals surface area contributed by atoms with Crippen molar-refractivity contribution >= 4 is 11.6 Å². The molecule has 1 saturated carbocycles. The van der Waals surface area contributed by atoms with Crippen LogP contribution in [0.15, 0.2) is 6.07 Å². The molecule has 1 aliphatic carbocycles. The van der Waals surface area contributed by atoms with E-state index >= 15 is 0 Å². The number of hydrogen-bond acceptors (Lipinski definition) is 5. The molecule has 3 rings (SSSR count). The predicted octanol–water partition coefficient (Wildman–Crippen LogP) is 0.763. The van der Waals surface area contributed by atoms with Gasteiger partial charge in [-0.1, -0.05) is 0 Å². The molecule has 0 atom stereocenters. The largest absolute Gasteiger partial charge is 0.384 e. The average molecular weight is 247 g/mol. The molecule has 2 heterocycles. The van der Waals surface area contributed by atoms with E-state index in [-0.39, 0.29) is 0 Å². The number of nitrogens with zero attached hydrogens (tertiary/aromatic N) is 4. The third-order valence-corrected chi connectivity index (χ3v) is 3.77. The monoisotopic (exact) mass is 247 g/mol. The van der Waals surface area contributed by atoms with Crippen LogP contribution in [0.2, 0.25) is 0 Å². The fourth-order valence-corrected chi connectivity index (χ4v) is 2.37. The highest BCUT2D eigenvalue weighted by atomic mass is 15.3. The Morgan fingerprint density at radius 1 is 1.22 bits per heavy atom. The van der Waals surface area contributed by atoms with Crippen LogP contribution in [0.25, 0.3) is 0 Å². The van der Waals surface area contributed by atoms with Crippen LogP contribution < -0.4 is 10.6 Å². The number of likely N-dealkylation sites (N-methyl/N-ethyl adjacent to an activating group) is 1. The molecule has 5 heteroatoms. The van der Waals surface area contributed by atoms with Crippen LogP contribution in [0.1, 0.15) is 18.7 Å². The van der Waals surface area contributed by atoms with Crippen molar-refractivity contribution in [2.45, 2.75) is 19.3 Å². The normalized spacial score (nSPS) is 21.3. The first-order chi connectivity index (χ1) is 8.70. The summed E-state index contributed by atoms with van der Waals surface area (Å²) in [5, 5.41) is 0. The zero-order valence-corrected chi connectivity index (χ0v) is 11.0. The van der Waals surface area contributed by atoms with Crippen molar-refractivity contribution in [1.82, 2.24) is 14.9 Å². The summed E-state index contributed by atoms with van der Waals surface area (Å²) in [4.78, 5) is 13.7. The molecule has 5 nitrogen and oxygen atoms in total. The van der Waals surface area contributed by atoms with Gasteiger partial charge in [-0.15, -0.1) is 0 Å². The Morgan fingerprint density at radius 2 is 1.94 bits per heavy atom. The van der Waals surface area contributed by atoms with Gasteiger partial charge < -0.3 is 15.5 Å². The fraction of sp³-hybridized carbons (Fsp3) is 0.692. The van der Waals surface area contributed by atoms with E-state index in [2.05, 4.69) is 26.8 Å². The first-order valence-corrected chi connectivity index (χ1v) is 6.77. The van der Waals surface area contributed by atoms with Crippen LogP contribution in [-0.4, -0.2) is 48.1 Å². The highest BCUT2D eigenvalue weighted by Crippen LogP contribution is 2.32. The Bertz CT molecular complexity index is 421. The van der Waals surface area contributed by atoms with E-state index in [4.69, 9.17) is 5.73 Å². The van der Waals surface area contributed by atoms with Crippen LogP contribution in [-0.2, 0) is 6.42 Å². The minimum Gasteiger partial charge on any atom is -0.384 e. The summed E-state index contributed by atoms with van der Waals surface area (Å²) in [6.45, 7) is 4.22. The van der Waals surface area contributed by atoms with Gasteiger partial charge in [0.2, 0.25) is 0 Å². The van der Waals surface area contributed by atoms with Crippen molar-refractivity contribution in [3.63, 3.8) is 0 Å². The summed E-state index contributed by atoms with van der Waals surface area (Å²) >= 11 is 0. The Hall–Kier alpha value is -1.36. The quantitative estimate of drug-likeness (QED) is 0.854. The van der Waals surface area contributed by atoms with Gasteiger partial charge in [-0.2, -0.15) is 0 Å². The van der Waals surface area contributed by atoms with Gasteiger partial charge in [-0.25, -0.2) is 9.97 Å². The molecule has 1 saturated heterocycles. The van der Waals surface area contributed by atoms with Crippen LogP contribution in [0.3, 0.4) is 0 Å². The van der Waals surface area contributed by atoms with E-state index in [9.17, 15) is 0 Å². The van der Waals surface area contributed by atoms with Crippen LogP contribution in [0.5, 0.6) is 0 Å². The molecule has 0 radical (unpaired) electrons. The lowest BCUT2D eigenvalue weighted by Crippen LogP contribution is -2.45. The average Bonchev–Trinajstić information content (AvgIpc) is 3.13. The molecular weight excluding hydrogens is 226 g/mol. The Labute approximate surface area is 108 Å². The van der Waals surface area contributed by atoms with Crippen LogP contribution >= 0.6 is 0 Å². The second-order valence-electron chi connectivity index (χ2n) is 5.51. The van der Waals surface area contributed by atoms with Crippen molar-refractivity contribution in [2.24, 2.45) is 5.92 Å². The van der Waals surface area contributed by atoms with Gasteiger partial charge in [0.05, 0.1) is 0 Å². The van der Waals surface area contributed by atoms with E-state index in [1.165, 1.54) is 12.8 Å². The summed E-state index contributed by atoms with van der Waals surface area (Å²) < 4.78 is 0. The number of nitrogen functional groups attached to an aromatic ring is 1. The Morgan fingerprint density at radius 3 is 2.61 bits per heavy atom. The molecule has 2 fully saturated rings. The third-order valence-electron chi connectivity index (χ3n) is 3.77. The van der Waals surface area contributed by atoms with Gasteiger partial charge in [0.15, 0.2) is 0 Å². The molecular formula is C13H21N5. The first-order valence-electron chi connectivity index (χ1n) is 6.77. The van der Waals surface area contributed by atoms with Crippen molar-refractivity contribution in [2.75, 3.05) is 43.9 Å². The smallest absolute Gasteiger partial charge is 0.134 e. The number of hydrogen-bond donors (Lipinski definition) is 1. The second kappa shape index (κ2) is 4.72. The van der Waals surface area contributed by atoms with E-state index in [0.717, 1.165) is 50.2 Å². The molecule has 2 N–H and O–H groups in total. The molecule has 0 amide bonds. The highest BCUT2D eigenvalue weighted by molar-refractivity contribution is 5.47. The molecule has 1 aliphatic heterocycles. The molecule has 0 bridgehead atoms. The SMILES string of the molecule is CN1CCN(c2cc(N)nc(CC3CC3)n2)CC1. The minimum absolute atomic E-state index is 0.606. The minimum atomic E-state index is 0.606. The van der Waals surface area contributed by atoms with E-state index in [0.29, 0.717) is 5.82 Å². The van der Waals surface area contributed by atoms with Gasteiger partial charge in [0, 0.05) is 38.7 Å². The molecule has 2 aliphatic rings. The number of nitrogens with two attached hydrogens (primary N) is 1. The van der Waals surface area contributed by atoms with Gasteiger partial charge in [-0.05, 0) is 25.8 Å².